The van der Waals surface area contributed by atoms with Gasteiger partial charge in [0, 0.05) is 11.6 Å². The van der Waals surface area contributed by atoms with Crippen molar-refractivity contribution >= 4 is 5.91 Å². The van der Waals surface area contributed by atoms with Gasteiger partial charge < -0.3 is 5.32 Å². The second kappa shape index (κ2) is 5.26. The van der Waals surface area contributed by atoms with E-state index < -0.39 is 0 Å². The van der Waals surface area contributed by atoms with Crippen molar-refractivity contribution in [3.8, 4) is 6.07 Å². The molecule has 0 aliphatic heterocycles. The number of nitrogens with zero attached hydrogens (tertiary/aromatic N) is 1. The number of hydrogen-bond donors (Lipinski definition) is 1. The molecule has 4 heteroatoms. The van der Waals surface area contributed by atoms with E-state index in [1.54, 1.807) is 13.8 Å². The molecule has 16 heavy (non-hydrogen) atoms. The zero-order valence-electron chi connectivity index (χ0n) is 9.25. The van der Waals surface area contributed by atoms with E-state index in [9.17, 15) is 9.18 Å². The maximum Gasteiger partial charge on any atom is 0.251 e. The molecule has 1 atom stereocenters. The molecular formula is C12H13FN2O. The molecule has 0 aliphatic rings. The van der Waals surface area contributed by atoms with Crippen molar-refractivity contribution in [1.82, 2.24) is 5.32 Å². The summed E-state index contributed by atoms with van der Waals surface area (Å²) in [6, 6.07) is 5.77. The average molecular weight is 220 g/mol. The molecule has 1 N–H and O–H groups in total. The molecule has 0 aliphatic carbocycles. The first-order valence-corrected chi connectivity index (χ1v) is 4.98. The highest BCUT2D eigenvalue weighted by molar-refractivity contribution is 5.95. The normalized spacial score (nSPS) is 11.6. The standard InChI is InChI=1S/C12H13FN2O/c1-8-7-10(13)3-4-11(8)12(16)15-9(2)5-6-14/h3-4,7,9H,5H2,1-2H3,(H,15,16). The fourth-order valence-electron chi connectivity index (χ4n) is 1.37. The van der Waals surface area contributed by atoms with Gasteiger partial charge in [-0.25, -0.2) is 4.39 Å². The Morgan fingerprint density at radius 1 is 1.62 bits per heavy atom. The Morgan fingerprint density at radius 2 is 2.31 bits per heavy atom. The van der Waals surface area contributed by atoms with Gasteiger partial charge in [0.2, 0.25) is 0 Å². The van der Waals surface area contributed by atoms with Gasteiger partial charge in [-0.3, -0.25) is 4.79 Å². The molecule has 1 unspecified atom stereocenters. The summed E-state index contributed by atoms with van der Waals surface area (Å²) < 4.78 is 12.8. The van der Waals surface area contributed by atoms with Gasteiger partial charge in [-0.05, 0) is 37.6 Å². The van der Waals surface area contributed by atoms with E-state index in [2.05, 4.69) is 5.32 Å². The maximum absolute atomic E-state index is 12.8. The summed E-state index contributed by atoms with van der Waals surface area (Å²) in [7, 11) is 0. The predicted molar refractivity (Wildman–Crippen MR) is 58.3 cm³/mol. The monoisotopic (exact) mass is 220 g/mol. The Morgan fingerprint density at radius 3 is 2.88 bits per heavy atom. The van der Waals surface area contributed by atoms with Gasteiger partial charge in [-0.1, -0.05) is 0 Å². The fourth-order valence-corrected chi connectivity index (χ4v) is 1.37. The summed E-state index contributed by atoms with van der Waals surface area (Å²) in [5.41, 5.74) is 1.02. The zero-order chi connectivity index (χ0) is 12.1. The van der Waals surface area contributed by atoms with Crippen LogP contribution in [0.2, 0.25) is 0 Å². The Hall–Kier alpha value is -1.89. The van der Waals surface area contributed by atoms with Crippen LogP contribution in [0.1, 0.15) is 29.3 Å². The SMILES string of the molecule is Cc1cc(F)ccc1C(=O)NC(C)CC#N. The smallest absolute Gasteiger partial charge is 0.251 e. The van der Waals surface area contributed by atoms with E-state index in [1.807, 2.05) is 6.07 Å². The highest BCUT2D eigenvalue weighted by Crippen LogP contribution is 2.10. The third-order valence-electron chi connectivity index (χ3n) is 2.21. The molecule has 0 heterocycles. The lowest BCUT2D eigenvalue weighted by Crippen LogP contribution is -2.32. The molecule has 0 fully saturated rings. The minimum atomic E-state index is -0.362. The van der Waals surface area contributed by atoms with Gasteiger partial charge in [0.1, 0.15) is 5.82 Å². The molecule has 1 amide bonds. The minimum Gasteiger partial charge on any atom is -0.349 e. The van der Waals surface area contributed by atoms with Gasteiger partial charge in [0.15, 0.2) is 0 Å². The van der Waals surface area contributed by atoms with Crippen LogP contribution in [0.3, 0.4) is 0 Å². The van der Waals surface area contributed by atoms with Gasteiger partial charge in [-0.15, -0.1) is 0 Å². The summed E-state index contributed by atoms with van der Waals surface area (Å²) in [6.45, 7) is 3.42. The third kappa shape index (κ3) is 3.06. The Balaban J connectivity index is 2.78. The van der Waals surface area contributed by atoms with Crippen LogP contribution in [0.5, 0.6) is 0 Å². The van der Waals surface area contributed by atoms with E-state index in [0.717, 1.165) is 0 Å². The molecule has 0 radical (unpaired) electrons. The van der Waals surface area contributed by atoms with Crippen LogP contribution in [-0.4, -0.2) is 11.9 Å². The first-order chi connectivity index (χ1) is 7.54. The second-order valence-electron chi connectivity index (χ2n) is 3.70. The molecule has 84 valence electrons. The number of carbonyl (C=O) groups excluding carboxylic acids is 1. The highest BCUT2D eigenvalue weighted by Gasteiger charge is 2.11. The Kier molecular flexibility index (Phi) is 4.01. The minimum absolute atomic E-state index is 0.207. The van der Waals surface area contributed by atoms with Crippen molar-refractivity contribution in [2.75, 3.05) is 0 Å². The number of benzene rings is 1. The molecule has 0 bridgehead atoms. The summed E-state index contributed by atoms with van der Waals surface area (Å²) >= 11 is 0. The van der Waals surface area contributed by atoms with Crippen molar-refractivity contribution in [3.63, 3.8) is 0 Å². The number of nitriles is 1. The molecule has 0 saturated carbocycles. The number of carbonyl (C=O) groups is 1. The lowest BCUT2D eigenvalue weighted by molar-refractivity contribution is 0.0940. The Bertz CT molecular complexity index is 437. The summed E-state index contributed by atoms with van der Waals surface area (Å²) in [5, 5.41) is 11.1. The van der Waals surface area contributed by atoms with Crippen molar-refractivity contribution in [1.29, 1.82) is 5.26 Å². The van der Waals surface area contributed by atoms with Crippen LogP contribution in [0.15, 0.2) is 18.2 Å². The molecular weight excluding hydrogens is 207 g/mol. The van der Waals surface area contributed by atoms with E-state index in [4.69, 9.17) is 5.26 Å². The highest BCUT2D eigenvalue weighted by atomic mass is 19.1. The van der Waals surface area contributed by atoms with Crippen LogP contribution in [-0.2, 0) is 0 Å². The van der Waals surface area contributed by atoms with Crippen LogP contribution in [0.4, 0.5) is 4.39 Å². The van der Waals surface area contributed by atoms with Crippen LogP contribution < -0.4 is 5.32 Å². The van der Waals surface area contributed by atoms with Crippen molar-refractivity contribution < 1.29 is 9.18 Å². The summed E-state index contributed by atoms with van der Waals surface area (Å²) in [5.74, 6) is -0.639. The van der Waals surface area contributed by atoms with E-state index in [1.165, 1.54) is 18.2 Å². The largest absolute Gasteiger partial charge is 0.349 e. The lowest BCUT2D eigenvalue weighted by atomic mass is 10.1. The van der Waals surface area contributed by atoms with Gasteiger partial charge in [-0.2, -0.15) is 5.26 Å². The molecule has 3 nitrogen and oxygen atoms in total. The van der Waals surface area contributed by atoms with Crippen LogP contribution in [0, 0.1) is 24.1 Å². The number of rotatable bonds is 3. The molecule has 0 saturated heterocycles. The zero-order valence-corrected chi connectivity index (χ0v) is 9.25. The third-order valence-corrected chi connectivity index (χ3v) is 2.21. The number of halogens is 1. The van der Waals surface area contributed by atoms with E-state index >= 15 is 0 Å². The van der Waals surface area contributed by atoms with Crippen molar-refractivity contribution in [3.05, 3.63) is 35.1 Å². The molecule has 1 aromatic carbocycles. The van der Waals surface area contributed by atoms with E-state index in [-0.39, 0.29) is 24.2 Å². The van der Waals surface area contributed by atoms with Crippen LogP contribution in [0.25, 0.3) is 0 Å². The number of aryl methyl sites for hydroxylation is 1. The lowest BCUT2D eigenvalue weighted by Gasteiger charge is -2.11. The maximum atomic E-state index is 12.8. The Labute approximate surface area is 93.9 Å². The van der Waals surface area contributed by atoms with E-state index in [0.29, 0.717) is 11.1 Å². The number of nitrogens with one attached hydrogen (secondary N) is 1. The first kappa shape index (κ1) is 12.2. The topological polar surface area (TPSA) is 52.9 Å². The number of hydrogen-bond acceptors (Lipinski definition) is 2. The van der Waals surface area contributed by atoms with Gasteiger partial charge >= 0.3 is 0 Å². The average Bonchev–Trinajstić information content (AvgIpc) is 2.17. The second-order valence-corrected chi connectivity index (χ2v) is 3.70. The van der Waals surface area contributed by atoms with Crippen LogP contribution >= 0.6 is 0 Å². The number of amides is 1. The van der Waals surface area contributed by atoms with Gasteiger partial charge in [0.05, 0.1) is 12.5 Å². The molecule has 1 rings (SSSR count). The quantitative estimate of drug-likeness (QED) is 0.848. The molecule has 0 spiro atoms. The van der Waals surface area contributed by atoms with Gasteiger partial charge in [0.25, 0.3) is 5.91 Å². The fraction of sp³-hybridized carbons (Fsp3) is 0.333. The molecule has 1 aromatic rings. The summed E-state index contributed by atoms with van der Waals surface area (Å²) in [4.78, 5) is 11.7. The summed E-state index contributed by atoms with van der Waals surface area (Å²) in [6.07, 6.45) is 0.256. The first-order valence-electron chi connectivity index (χ1n) is 4.98. The molecule has 0 aromatic heterocycles. The predicted octanol–water partition coefficient (Wildman–Crippen LogP) is 2.17. The van der Waals surface area contributed by atoms with Crippen molar-refractivity contribution in [2.24, 2.45) is 0 Å². The van der Waals surface area contributed by atoms with Crippen molar-refractivity contribution in [2.45, 2.75) is 26.3 Å².